The van der Waals surface area contributed by atoms with Crippen LogP contribution < -0.4 is 0 Å². The second-order valence-corrected chi connectivity index (χ2v) is 3.36. The molecule has 0 bridgehead atoms. The van der Waals surface area contributed by atoms with Crippen LogP contribution in [0.5, 0.6) is 0 Å². The zero-order valence-corrected chi connectivity index (χ0v) is 8.04. The number of nitrogens with zero attached hydrogens (tertiary/aromatic N) is 1. The van der Waals surface area contributed by atoms with Gasteiger partial charge in [-0.3, -0.25) is 4.79 Å². The molecule has 0 aromatic rings. The Morgan fingerprint density at radius 2 is 2.31 bits per heavy atom. The highest BCUT2D eigenvalue weighted by Crippen LogP contribution is 2.19. The molecule has 1 rings (SSSR count). The van der Waals surface area contributed by atoms with E-state index in [4.69, 9.17) is 0 Å². The molecule has 2 heteroatoms. The summed E-state index contributed by atoms with van der Waals surface area (Å²) < 4.78 is 0. The minimum atomic E-state index is 0.272. The van der Waals surface area contributed by atoms with E-state index in [1.165, 1.54) is 0 Å². The predicted molar refractivity (Wildman–Crippen MR) is 54.4 cm³/mol. The Labute approximate surface area is 79.9 Å². The first-order valence-electron chi connectivity index (χ1n) is 4.82. The van der Waals surface area contributed by atoms with Gasteiger partial charge >= 0.3 is 0 Å². The minimum Gasteiger partial charge on any atom is -0.336 e. The largest absolute Gasteiger partial charge is 0.336 e. The van der Waals surface area contributed by atoms with Crippen molar-refractivity contribution < 1.29 is 4.79 Å². The maximum atomic E-state index is 11.4. The summed E-state index contributed by atoms with van der Waals surface area (Å²) in [6, 6.07) is 0.275. The maximum Gasteiger partial charge on any atom is 0.223 e. The van der Waals surface area contributed by atoms with Gasteiger partial charge in [0, 0.05) is 13.0 Å². The average Bonchev–Trinajstić information content (AvgIpc) is 2.48. The number of carbonyl (C=O) groups excluding carboxylic acids is 1. The fraction of sp³-hybridized carbons (Fsp3) is 0.545. The smallest absolute Gasteiger partial charge is 0.223 e. The Hall–Kier alpha value is -1.05. The van der Waals surface area contributed by atoms with Gasteiger partial charge in [-0.25, -0.2) is 0 Å². The Morgan fingerprint density at radius 3 is 2.92 bits per heavy atom. The lowest BCUT2D eigenvalue weighted by atomic mass is 10.2. The Morgan fingerprint density at radius 1 is 1.54 bits per heavy atom. The molecule has 0 aromatic carbocycles. The van der Waals surface area contributed by atoms with Gasteiger partial charge in [-0.1, -0.05) is 12.2 Å². The van der Waals surface area contributed by atoms with Crippen molar-refractivity contribution in [2.24, 2.45) is 0 Å². The third-order valence-electron chi connectivity index (χ3n) is 2.45. The lowest BCUT2D eigenvalue weighted by molar-refractivity contribution is -0.128. The van der Waals surface area contributed by atoms with Gasteiger partial charge in [-0.2, -0.15) is 0 Å². The highest BCUT2D eigenvalue weighted by Gasteiger charge is 2.27. The first-order chi connectivity index (χ1) is 6.29. The van der Waals surface area contributed by atoms with Gasteiger partial charge in [-0.05, 0) is 19.3 Å². The number of hydrogen-bond acceptors (Lipinski definition) is 1. The summed E-state index contributed by atoms with van der Waals surface area (Å²) in [4.78, 5) is 13.3. The third-order valence-corrected chi connectivity index (χ3v) is 2.45. The highest BCUT2D eigenvalue weighted by atomic mass is 16.2. The van der Waals surface area contributed by atoms with E-state index in [-0.39, 0.29) is 11.9 Å². The molecule has 1 aliphatic heterocycles. The Bertz CT molecular complexity index is 210. The number of hydrogen-bond donors (Lipinski definition) is 0. The second kappa shape index (κ2) is 4.85. The van der Waals surface area contributed by atoms with Crippen LogP contribution >= 0.6 is 0 Å². The van der Waals surface area contributed by atoms with E-state index in [2.05, 4.69) is 13.2 Å². The van der Waals surface area contributed by atoms with Crippen molar-refractivity contribution in [3.8, 4) is 0 Å². The molecule has 1 unspecified atom stereocenters. The molecule has 0 spiro atoms. The summed E-state index contributed by atoms with van der Waals surface area (Å²) in [5, 5.41) is 0. The van der Waals surface area contributed by atoms with Crippen molar-refractivity contribution in [2.75, 3.05) is 6.54 Å². The molecule has 1 atom stereocenters. The Kier molecular flexibility index (Phi) is 3.74. The van der Waals surface area contributed by atoms with E-state index in [0.29, 0.717) is 6.42 Å². The number of rotatable bonds is 5. The fourth-order valence-electron chi connectivity index (χ4n) is 1.70. The van der Waals surface area contributed by atoms with Crippen molar-refractivity contribution >= 4 is 5.91 Å². The molecule has 1 heterocycles. The van der Waals surface area contributed by atoms with E-state index in [0.717, 1.165) is 25.8 Å². The molecular weight excluding hydrogens is 162 g/mol. The number of unbranched alkanes of at least 4 members (excludes halogenated alkanes) is 1. The zero-order chi connectivity index (χ0) is 9.68. The van der Waals surface area contributed by atoms with Crippen LogP contribution in [0.3, 0.4) is 0 Å². The molecule has 0 N–H and O–H groups in total. The molecule has 72 valence electrons. The molecular formula is C11H17NO. The molecule has 0 radical (unpaired) electrons. The van der Waals surface area contributed by atoms with E-state index < -0.39 is 0 Å². The number of allylic oxidation sites excluding steroid dienone is 1. The summed E-state index contributed by atoms with van der Waals surface area (Å²) in [7, 11) is 0. The van der Waals surface area contributed by atoms with Crippen LogP contribution in [-0.2, 0) is 4.79 Å². The quantitative estimate of drug-likeness (QED) is 0.467. The zero-order valence-electron chi connectivity index (χ0n) is 8.04. The van der Waals surface area contributed by atoms with Gasteiger partial charge in [0.15, 0.2) is 0 Å². The number of amides is 1. The number of carbonyl (C=O) groups is 1. The van der Waals surface area contributed by atoms with Crippen molar-refractivity contribution in [2.45, 2.75) is 31.7 Å². The molecule has 2 nitrogen and oxygen atoms in total. The molecule has 0 saturated carbocycles. The number of likely N-dealkylation sites (tertiary alicyclic amines) is 1. The van der Waals surface area contributed by atoms with Gasteiger partial charge in [0.05, 0.1) is 6.04 Å². The first-order valence-corrected chi connectivity index (χ1v) is 4.82. The summed E-state index contributed by atoms with van der Waals surface area (Å²) in [5.41, 5.74) is 0. The van der Waals surface area contributed by atoms with Crippen molar-refractivity contribution in [3.63, 3.8) is 0 Å². The average molecular weight is 179 g/mol. The summed E-state index contributed by atoms with van der Waals surface area (Å²) in [6.45, 7) is 8.25. The summed E-state index contributed by atoms with van der Waals surface area (Å²) in [6.07, 6.45) is 7.39. The topological polar surface area (TPSA) is 20.3 Å². The molecule has 1 aliphatic rings. The van der Waals surface area contributed by atoms with E-state index >= 15 is 0 Å². The first kappa shape index (κ1) is 10.0. The predicted octanol–water partition coefficient (Wildman–Crippen LogP) is 2.13. The highest BCUT2D eigenvalue weighted by molar-refractivity contribution is 5.79. The molecule has 1 fully saturated rings. The normalized spacial score (nSPS) is 22.0. The lowest BCUT2D eigenvalue weighted by Gasteiger charge is -2.21. The van der Waals surface area contributed by atoms with Crippen LogP contribution in [0.25, 0.3) is 0 Å². The summed E-state index contributed by atoms with van der Waals surface area (Å²) in [5.74, 6) is 0.272. The Balaban J connectivity index is 2.40. The standard InChI is InChI=1S/C11H17NO/c1-3-5-6-9-12-10(4-2)7-8-11(12)13/h3-4,10H,1-2,5-9H2. The summed E-state index contributed by atoms with van der Waals surface area (Å²) >= 11 is 0. The van der Waals surface area contributed by atoms with Crippen LogP contribution in [0, 0.1) is 0 Å². The van der Waals surface area contributed by atoms with Crippen LogP contribution in [0.4, 0.5) is 0 Å². The van der Waals surface area contributed by atoms with E-state index in [9.17, 15) is 4.79 Å². The van der Waals surface area contributed by atoms with Gasteiger partial charge in [0.25, 0.3) is 0 Å². The fourth-order valence-corrected chi connectivity index (χ4v) is 1.70. The van der Waals surface area contributed by atoms with E-state index in [1.807, 2.05) is 17.1 Å². The van der Waals surface area contributed by atoms with Crippen molar-refractivity contribution in [3.05, 3.63) is 25.3 Å². The SMILES string of the molecule is C=CCCCN1C(=O)CCC1C=C. The molecule has 0 aliphatic carbocycles. The van der Waals surface area contributed by atoms with Crippen LogP contribution in [0.15, 0.2) is 25.3 Å². The van der Waals surface area contributed by atoms with Gasteiger partial charge in [0.2, 0.25) is 5.91 Å². The minimum absolute atomic E-state index is 0.272. The lowest BCUT2D eigenvalue weighted by Crippen LogP contribution is -2.32. The second-order valence-electron chi connectivity index (χ2n) is 3.36. The van der Waals surface area contributed by atoms with Crippen LogP contribution in [-0.4, -0.2) is 23.4 Å². The molecule has 1 amide bonds. The molecule has 13 heavy (non-hydrogen) atoms. The monoisotopic (exact) mass is 179 g/mol. The van der Waals surface area contributed by atoms with Crippen LogP contribution in [0.1, 0.15) is 25.7 Å². The van der Waals surface area contributed by atoms with E-state index in [1.54, 1.807) is 0 Å². The molecule has 0 aromatic heterocycles. The maximum absolute atomic E-state index is 11.4. The van der Waals surface area contributed by atoms with Crippen molar-refractivity contribution in [1.82, 2.24) is 4.90 Å². The molecule has 1 saturated heterocycles. The van der Waals surface area contributed by atoms with Gasteiger partial charge in [0.1, 0.15) is 0 Å². The van der Waals surface area contributed by atoms with Gasteiger partial charge in [-0.15, -0.1) is 13.2 Å². The van der Waals surface area contributed by atoms with Crippen LogP contribution in [0.2, 0.25) is 0 Å². The third kappa shape index (κ3) is 2.44. The van der Waals surface area contributed by atoms with Gasteiger partial charge < -0.3 is 4.90 Å². The van der Waals surface area contributed by atoms with Crippen molar-refractivity contribution in [1.29, 1.82) is 0 Å².